The normalized spacial score (nSPS) is 13.4. The first-order valence-corrected chi connectivity index (χ1v) is 7.49. The summed E-state index contributed by atoms with van der Waals surface area (Å²) < 4.78 is 5.75. The van der Waals surface area contributed by atoms with Gasteiger partial charge in [0.2, 0.25) is 0 Å². The Bertz CT molecular complexity index is 632. The van der Waals surface area contributed by atoms with Crippen molar-refractivity contribution in [2.75, 3.05) is 6.54 Å². The van der Waals surface area contributed by atoms with Crippen LogP contribution in [0.1, 0.15) is 11.1 Å². The number of hydrogen-bond acceptors (Lipinski definition) is 3. The predicted molar refractivity (Wildman–Crippen MR) is 89.0 cm³/mol. The van der Waals surface area contributed by atoms with Crippen molar-refractivity contribution in [2.45, 2.75) is 13.2 Å². The second-order valence-electron chi connectivity index (χ2n) is 5.18. The molecular weight excluding hydrogens is 272 g/mol. The van der Waals surface area contributed by atoms with E-state index in [0.717, 1.165) is 18.8 Å². The molecule has 22 heavy (non-hydrogen) atoms. The summed E-state index contributed by atoms with van der Waals surface area (Å²) in [6, 6.07) is 18.4. The molecule has 1 N–H and O–H groups in total. The lowest BCUT2D eigenvalue weighted by Crippen LogP contribution is -2.33. The van der Waals surface area contributed by atoms with Crippen LogP contribution in [0.15, 0.2) is 79.0 Å². The molecule has 0 bridgehead atoms. The largest absolute Gasteiger partial charge is 0.489 e. The van der Waals surface area contributed by atoms with Crippen molar-refractivity contribution in [3.8, 4) is 5.75 Å². The molecule has 0 saturated carbocycles. The van der Waals surface area contributed by atoms with Gasteiger partial charge in [0.05, 0.1) is 6.54 Å². The fraction of sp³-hybridized carbons (Fsp3) is 0.158. The van der Waals surface area contributed by atoms with E-state index < -0.39 is 0 Å². The minimum atomic E-state index is 0.595. The number of rotatable bonds is 6. The van der Waals surface area contributed by atoms with Crippen LogP contribution in [0.25, 0.3) is 0 Å². The zero-order valence-corrected chi connectivity index (χ0v) is 12.5. The minimum absolute atomic E-state index is 0.595. The van der Waals surface area contributed by atoms with E-state index in [4.69, 9.17) is 4.74 Å². The van der Waals surface area contributed by atoms with Crippen LogP contribution in [0.4, 0.5) is 0 Å². The van der Waals surface area contributed by atoms with Crippen molar-refractivity contribution >= 4 is 0 Å². The molecule has 0 aromatic heterocycles. The van der Waals surface area contributed by atoms with Crippen LogP contribution in [-0.2, 0) is 13.2 Å². The van der Waals surface area contributed by atoms with E-state index in [1.54, 1.807) is 0 Å². The van der Waals surface area contributed by atoms with E-state index in [1.165, 1.54) is 11.1 Å². The minimum Gasteiger partial charge on any atom is -0.489 e. The second kappa shape index (κ2) is 7.48. The molecule has 0 atom stereocenters. The first kappa shape index (κ1) is 14.4. The summed E-state index contributed by atoms with van der Waals surface area (Å²) in [6.45, 7) is 2.31. The lowest BCUT2D eigenvalue weighted by Gasteiger charge is -2.21. The van der Waals surface area contributed by atoms with E-state index in [1.807, 2.05) is 42.6 Å². The van der Waals surface area contributed by atoms with Crippen LogP contribution in [-0.4, -0.2) is 11.6 Å². The Hall–Kier alpha value is -2.52. The Morgan fingerprint density at radius 2 is 1.68 bits per heavy atom. The number of hydrazine groups is 1. The quantitative estimate of drug-likeness (QED) is 0.879. The maximum Gasteiger partial charge on any atom is 0.119 e. The van der Waals surface area contributed by atoms with Crippen molar-refractivity contribution in [2.24, 2.45) is 0 Å². The van der Waals surface area contributed by atoms with Crippen molar-refractivity contribution in [1.29, 1.82) is 0 Å². The molecule has 2 aromatic carbocycles. The molecule has 0 unspecified atom stereocenters. The summed E-state index contributed by atoms with van der Waals surface area (Å²) in [4.78, 5) is 0. The molecule has 3 rings (SSSR count). The predicted octanol–water partition coefficient (Wildman–Crippen LogP) is 3.66. The number of hydrogen-bond donors (Lipinski definition) is 1. The fourth-order valence-corrected chi connectivity index (χ4v) is 2.21. The number of ether oxygens (including phenoxy) is 1. The summed E-state index contributed by atoms with van der Waals surface area (Å²) in [5.41, 5.74) is 5.81. The molecule has 0 aliphatic carbocycles. The van der Waals surface area contributed by atoms with Crippen LogP contribution in [0.5, 0.6) is 5.75 Å². The lowest BCUT2D eigenvalue weighted by atomic mass is 10.1. The highest BCUT2D eigenvalue weighted by atomic mass is 16.5. The van der Waals surface area contributed by atoms with Crippen molar-refractivity contribution < 1.29 is 4.74 Å². The monoisotopic (exact) mass is 292 g/mol. The Balaban J connectivity index is 1.47. The molecule has 0 spiro atoms. The Morgan fingerprint density at radius 1 is 0.909 bits per heavy atom. The zero-order valence-electron chi connectivity index (χ0n) is 12.5. The van der Waals surface area contributed by atoms with Crippen LogP contribution in [0.3, 0.4) is 0 Å². The van der Waals surface area contributed by atoms with E-state index in [9.17, 15) is 0 Å². The van der Waals surface area contributed by atoms with Gasteiger partial charge in [0.1, 0.15) is 12.4 Å². The second-order valence-corrected chi connectivity index (χ2v) is 5.18. The van der Waals surface area contributed by atoms with Crippen molar-refractivity contribution in [3.05, 3.63) is 90.2 Å². The van der Waals surface area contributed by atoms with Gasteiger partial charge in [-0.3, -0.25) is 0 Å². The van der Waals surface area contributed by atoms with Crippen LogP contribution in [0, 0.1) is 0 Å². The highest BCUT2D eigenvalue weighted by Crippen LogP contribution is 2.12. The molecule has 112 valence electrons. The van der Waals surface area contributed by atoms with Gasteiger partial charge >= 0.3 is 0 Å². The number of nitrogens with zero attached hydrogens (tertiary/aromatic N) is 1. The van der Waals surface area contributed by atoms with E-state index in [0.29, 0.717) is 6.61 Å². The third-order valence-electron chi connectivity index (χ3n) is 3.47. The number of nitrogens with one attached hydrogen (secondary N) is 1. The molecule has 3 nitrogen and oxygen atoms in total. The fourth-order valence-electron chi connectivity index (χ4n) is 2.21. The van der Waals surface area contributed by atoms with Crippen molar-refractivity contribution in [1.82, 2.24) is 10.4 Å². The topological polar surface area (TPSA) is 24.5 Å². The molecule has 1 aliphatic heterocycles. The average Bonchev–Trinajstić information content (AvgIpc) is 2.61. The number of allylic oxidation sites excluding steroid dienone is 2. The van der Waals surface area contributed by atoms with E-state index in [-0.39, 0.29) is 0 Å². The van der Waals surface area contributed by atoms with Crippen LogP contribution in [0.2, 0.25) is 0 Å². The molecule has 2 aromatic rings. The Labute approximate surface area is 131 Å². The van der Waals surface area contributed by atoms with E-state index in [2.05, 4.69) is 46.9 Å². The summed E-state index contributed by atoms with van der Waals surface area (Å²) in [6.07, 6.45) is 8.25. The highest BCUT2D eigenvalue weighted by molar-refractivity contribution is 5.24. The third-order valence-corrected chi connectivity index (χ3v) is 3.47. The molecule has 0 amide bonds. The molecule has 0 saturated heterocycles. The van der Waals surface area contributed by atoms with Gasteiger partial charge in [-0.1, -0.05) is 54.6 Å². The highest BCUT2D eigenvalue weighted by Gasteiger charge is 2.00. The summed E-state index contributed by atoms with van der Waals surface area (Å²) in [5, 5.41) is 2.08. The standard InChI is InChI=1S/C19H20N2O/c1-3-7-19(8-4-1)22-16-18-11-9-17(10-12-18)15-20-21-13-5-2-6-14-21/h1-13,20H,14-16H2. The maximum atomic E-state index is 5.75. The van der Waals surface area contributed by atoms with Crippen LogP contribution >= 0.6 is 0 Å². The average molecular weight is 292 g/mol. The molecule has 1 heterocycles. The summed E-state index contributed by atoms with van der Waals surface area (Å²) >= 11 is 0. The van der Waals surface area contributed by atoms with Gasteiger partial charge in [-0.05, 0) is 29.3 Å². The molecule has 0 fully saturated rings. The third kappa shape index (κ3) is 4.24. The number of para-hydroxylation sites is 1. The van der Waals surface area contributed by atoms with E-state index >= 15 is 0 Å². The van der Waals surface area contributed by atoms with Gasteiger partial charge < -0.3 is 9.75 Å². The molecular formula is C19H20N2O. The first-order chi connectivity index (χ1) is 10.9. The summed E-state index contributed by atoms with van der Waals surface area (Å²) in [7, 11) is 0. The zero-order chi connectivity index (χ0) is 15.0. The Kier molecular flexibility index (Phi) is 4.90. The molecule has 1 aliphatic rings. The van der Waals surface area contributed by atoms with Gasteiger partial charge in [0, 0.05) is 12.7 Å². The van der Waals surface area contributed by atoms with Gasteiger partial charge in [0.15, 0.2) is 0 Å². The SMILES string of the molecule is C1=CCN(NCc2ccc(COc3ccccc3)cc2)C=C1. The number of benzene rings is 2. The van der Waals surface area contributed by atoms with Gasteiger partial charge in [-0.2, -0.15) is 0 Å². The van der Waals surface area contributed by atoms with Gasteiger partial charge in [0.25, 0.3) is 0 Å². The first-order valence-electron chi connectivity index (χ1n) is 7.49. The van der Waals surface area contributed by atoms with Gasteiger partial charge in [-0.15, -0.1) is 0 Å². The molecule has 0 radical (unpaired) electrons. The maximum absolute atomic E-state index is 5.75. The van der Waals surface area contributed by atoms with Crippen molar-refractivity contribution in [3.63, 3.8) is 0 Å². The Morgan fingerprint density at radius 3 is 2.41 bits per heavy atom. The molecule has 3 heteroatoms. The lowest BCUT2D eigenvalue weighted by molar-refractivity contribution is 0.291. The smallest absolute Gasteiger partial charge is 0.119 e. The summed E-state index contributed by atoms with van der Waals surface area (Å²) in [5.74, 6) is 0.901. The van der Waals surface area contributed by atoms with Crippen LogP contribution < -0.4 is 10.2 Å². The van der Waals surface area contributed by atoms with Gasteiger partial charge in [-0.25, -0.2) is 5.43 Å².